The van der Waals surface area contributed by atoms with Gasteiger partial charge in [0.25, 0.3) is 0 Å². The first-order chi connectivity index (χ1) is 9.04. The molecule has 0 amide bonds. The van der Waals surface area contributed by atoms with Crippen LogP contribution in [0.4, 0.5) is 13.2 Å². The third-order valence-corrected chi connectivity index (χ3v) is 2.79. The molecule has 7 heteroatoms. The van der Waals surface area contributed by atoms with Gasteiger partial charge in [-0.3, -0.25) is 14.5 Å². The number of rotatable bonds is 8. The lowest BCUT2D eigenvalue weighted by molar-refractivity contribution is -0.160. The molecule has 0 aromatic carbocycles. The maximum absolute atomic E-state index is 12.4. The number of ether oxygens (including phenoxy) is 1. The van der Waals surface area contributed by atoms with Crippen molar-refractivity contribution < 1.29 is 27.5 Å². The number of esters is 1. The van der Waals surface area contributed by atoms with Crippen molar-refractivity contribution in [2.75, 3.05) is 26.2 Å². The number of halogens is 3. The first-order valence-corrected chi connectivity index (χ1v) is 6.54. The van der Waals surface area contributed by atoms with Gasteiger partial charge < -0.3 is 4.74 Å². The first-order valence-electron chi connectivity index (χ1n) is 6.54. The van der Waals surface area contributed by atoms with Crippen LogP contribution < -0.4 is 0 Å². The lowest BCUT2D eigenvalue weighted by atomic mass is 9.87. The van der Waals surface area contributed by atoms with Gasteiger partial charge >= 0.3 is 12.1 Å². The molecule has 0 bridgehead atoms. The van der Waals surface area contributed by atoms with Crippen LogP contribution in [0.25, 0.3) is 0 Å². The number of hydrogen-bond donors (Lipinski definition) is 0. The van der Waals surface area contributed by atoms with Crippen LogP contribution in [0.2, 0.25) is 0 Å². The van der Waals surface area contributed by atoms with E-state index in [1.165, 1.54) is 13.8 Å². The third kappa shape index (κ3) is 6.36. The van der Waals surface area contributed by atoms with E-state index in [-0.39, 0.29) is 13.2 Å². The highest BCUT2D eigenvalue weighted by molar-refractivity contribution is 6.03. The van der Waals surface area contributed by atoms with Crippen molar-refractivity contribution in [2.24, 2.45) is 5.41 Å². The number of alkyl halides is 3. The van der Waals surface area contributed by atoms with Crippen LogP contribution in [0.15, 0.2) is 0 Å². The number of carbonyl (C=O) groups excluding carboxylic acids is 2. The molecule has 0 N–H and O–H groups in total. The lowest BCUT2D eigenvalue weighted by Crippen LogP contribution is -2.45. The van der Waals surface area contributed by atoms with Crippen molar-refractivity contribution >= 4 is 11.8 Å². The zero-order valence-corrected chi connectivity index (χ0v) is 12.3. The average molecular weight is 297 g/mol. The second-order valence-corrected chi connectivity index (χ2v) is 5.09. The highest BCUT2D eigenvalue weighted by Gasteiger charge is 2.39. The third-order valence-electron chi connectivity index (χ3n) is 2.79. The molecule has 0 aromatic heterocycles. The molecular weight excluding hydrogens is 275 g/mol. The summed E-state index contributed by atoms with van der Waals surface area (Å²) >= 11 is 0. The van der Waals surface area contributed by atoms with Gasteiger partial charge in [-0.25, -0.2) is 0 Å². The van der Waals surface area contributed by atoms with E-state index in [4.69, 9.17) is 4.74 Å². The highest BCUT2D eigenvalue weighted by Crippen LogP contribution is 2.22. The fourth-order valence-corrected chi connectivity index (χ4v) is 1.61. The molecule has 0 spiro atoms. The Kier molecular flexibility index (Phi) is 7.19. The van der Waals surface area contributed by atoms with Gasteiger partial charge in [0.1, 0.15) is 5.41 Å². The van der Waals surface area contributed by atoms with Gasteiger partial charge in [0.15, 0.2) is 5.78 Å². The molecule has 0 aliphatic heterocycles. The van der Waals surface area contributed by atoms with Crippen LogP contribution in [0.5, 0.6) is 0 Å². The second-order valence-electron chi connectivity index (χ2n) is 5.09. The smallest absolute Gasteiger partial charge is 0.401 e. The molecule has 0 saturated carbocycles. The summed E-state index contributed by atoms with van der Waals surface area (Å²) in [6, 6.07) is 0. The summed E-state index contributed by atoms with van der Waals surface area (Å²) in [7, 11) is 0. The van der Waals surface area contributed by atoms with Crippen molar-refractivity contribution in [3.05, 3.63) is 0 Å². The highest BCUT2D eigenvalue weighted by atomic mass is 19.4. The molecule has 0 aromatic rings. The molecule has 0 rings (SSSR count). The van der Waals surface area contributed by atoms with Crippen molar-refractivity contribution in [2.45, 2.75) is 40.3 Å². The van der Waals surface area contributed by atoms with E-state index in [1.54, 1.807) is 13.8 Å². The van der Waals surface area contributed by atoms with E-state index in [0.717, 1.165) is 4.90 Å². The van der Waals surface area contributed by atoms with Gasteiger partial charge in [0.05, 0.1) is 19.7 Å². The topological polar surface area (TPSA) is 46.6 Å². The lowest BCUT2D eigenvalue weighted by Gasteiger charge is -2.27. The van der Waals surface area contributed by atoms with Crippen molar-refractivity contribution in [1.29, 1.82) is 0 Å². The SMILES string of the molecule is CCCN(CC(=O)C(C)(C)C(=O)OCC)CC(F)(F)F. The van der Waals surface area contributed by atoms with Gasteiger partial charge in [0, 0.05) is 0 Å². The number of Topliss-reactive ketones (excluding diaryl/α,β-unsaturated/α-hetero) is 1. The van der Waals surface area contributed by atoms with Gasteiger partial charge in [-0.2, -0.15) is 13.2 Å². The second kappa shape index (κ2) is 7.61. The number of carbonyl (C=O) groups is 2. The predicted molar refractivity (Wildman–Crippen MR) is 68.2 cm³/mol. The summed E-state index contributed by atoms with van der Waals surface area (Å²) in [6.07, 6.45) is -3.88. The van der Waals surface area contributed by atoms with Gasteiger partial charge in [-0.05, 0) is 33.7 Å². The van der Waals surface area contributed by atoms with Crippen LogP contribution in [0.1, 0.15) is 34.1 Å². The Morgan fingerprint density at radius 2 is 1.70 bits per heavy atom. The molecule has 0 heterocycles. The van der Waals surface area contributed by atoms with E-state index in [0.29, 0.717) is 6.42 Å². The molecule has 0 unspecified atom stereocenters. The Bertz CT molecular complexity index is 340. The Balaban J connectivity index is 4.78. The largest absolute Gasteiger partial charge is 0.465 e. The molecule has 0 radical (unpaired) electrons. The molecule has 20 heavy (non-hydrogen) atoms. The van der Waals surface area contributed by atoms with E-state index in [1.807, 2.05) is 0 Å². The monoisotopic (exact) mass is 297 g/mol. The van der Waals surface area contributed by atoms with Crippen LogP contribution in [-0.2, 0) is 14.3 Å². The summed E-state index contributed by atoms with van der Waals surface area (Å²) in [6.45, 7) is 4.75. The summed E-state index contributed by atoms with van der Waals surface area (Å²) in [4.78, 5) is 24.7. The zero-order valence-electron chi connectivity index (χ0n) is 12.3. The molecule has 0 fully saturated rings. The number of hydrogen-bond acceptors (Lipinski definition) is 4. The molecule has 0 aliphatic rings. The van der Waals surface area contributed by atoms with Crippen LogP contribution >= 0.6 is 0 Å². The minimum absolute atomic E-state index is 0.122. The van der Waals surface area contributed by atoms with Gasteiger partial charge in [0.2, 0.25) is 0 Å². The van der Waals surface area contributed by atoms with Crippen molar-refractivity contribution in [3.63, 3.8) is 0 Å². The van der Waals surface area contributed by atoms with Gasteiger partial charge in [-0.1, -0.05) is 6.92 Å². The van der Waals surface area contributed by atoms with E-state index in [9.17, 15) is 22.8 Å². The number of ketones is 1. The quantitative estimate of drug-likeness (QED) is 0.510. The normalized spacial score (nSPS) is 12.6. The Hall–Kier alpha value is -1.11. The molecule has 0 aliphatic carbocycles. The van der Waals surface area contributed by atoms with Crippen LogP contribution in [-0.4, -0.2) is 49.1 Å². The van der Waals surface area contributed by atoms with E-state index in [2.05, 4.69) is 0 Å². The predicted octanol–water partition coefficient (Wildman–Crippen LogP) is 2.42. The average Bonchev–Trinajstić information content (AvgIpc) is 2.27. The summed E-state index contributed by atoms with van der Waals surface area (Å²) < 4.78 is 42.0. The minimum Gasteiger partial charge on any atom is -0.465 e. The fraction of sp³-hybridized carbons (Fsp3) is 0.846. The molecule has 0 atom stereocenters. The van der Waals surface area contributed by atoms with E-state index >= 15 is 0 Å². The molecule has 4 nitrogen and oxygen atoms in total. The van der Waals surface area contributed by atoms with Crippen molar-refractivity contribution in [3.8, 4) is 0 Å². The van der Waals surface area contributed by atoms with Crippen LogP contribution in [0.3, 0.4) is 0 Å². The van der Waals surface area contributed by atoms with E-state index < -0.39 is 36.4 Å². The Morgan fingerprint density at radius 1 is 1.15 bits per heavy atom. The fourth-order valence-electron chi connectivity index (χ4n) is 1.61. The Morgan fingerprint density at radius 3 is 2.10 bits per heavy atom. The molecular formula is C13H22F3NO3. The summed E-state index contributed by atoms with van der Waals surface area (Å²) in [5, 5.41) is 0. The Labute approximate surface area is 117 Å². The van der Waals surface area contributed by atoms with Gasteiger partial charge in [-0.15, -0.1) is 0 Å². The maximum atomic E-state index is 12.4. The van der Waals surface area contributed by atoms with Crippen molar-refractivity contribution in [1.82, 2.24) is 4.90 Å². The number of nitrogens with zero attached hydrogens (tertiary/aromatic N) is 1. The maximum Gasteiger partial charge on any atom is 0.401 e. The summed E-state index contributed by atoms with van der Waals surface area (Å²) in [5.74, 6) is -1.29. The summed E-state index contributed by atoms with van der Waals surface area (Å²) in [5.41, 5.74) is -1.44. The molecule has 0 saturated heterocycles. The zero-order chi connectivity index (χ0) is 16.0. The van der Waals surface area contributed by atoms with Crippen LogP contribution in [0, 0.1) is 5.41 Å². The minimum atomic E-state index is -4.37. The molecule has 118 valence electrons. The first kappa shape index (κ1) is 18.9. The standard InChI is InChI=1S/C13H22F3NO3/c1-5-7-17(9-13(14,15)16)8-10(18)12(3,4)11(19)20-6-2/h5-9H2,1-4H3.